The molecule has 2 aromatic heterocycles. The minimum absolute atomic E-state index is 0.128. The zero-order chi connectivity index (χ0) is 17.9. The number of aromatic nitrogens is 3. The monoisotopic (exact) mass is 344 g/mol. The van der Waals surface area contributed by atoms with E-state index >= 15 is 0 Å². The van der Waals surface area contributed by atoms with Gasteiger partial charge in [-0.3, -0.25) is 4.90 Å². The van der Waals surface area contributed by atoms with Crippen molar-refractivity contribution in [3.05, 3.63) is 36.8 Å². The lowest BCUT2D eigenvalue weighted by molar-refractivity contribution is 0.0231. The second kappa shape index (κ2) is 7.20. The highest BCUT2D eigenvalue weighted by Gasteiger charge is 2.25. The maximum absolute atomic E-state index is 12.4. The van der Waals surface area contributed by atoms with E-state index in [0.29, 0.717) is 31.1 Å². The van der Waals surface area contributed by atoms with E-state index in [1.54, 1.807) is 35.8 Å². The molecule has 2 aromatic rings. The molecule has 0 aliphatic carbocycles. The molecule has 1 saturated heterocycles. The third-order valence-corrected chi connectivity index (χ3v) is 4.01. The fraction of sp³-hybridized carbons (Fsp3) is 0.471. The molecule has 0 aromatic carbocycles. The molecule has 1 aliphatic heterocycles. The number of hydrogen-bond acceptors (Lipinski definition) is 5. The van der Waals surface area contributed by atoms with Crippen LogP contribution in [0.1, 0.15) is 13.8 Å². The van der Waals surface area contributed by atoms with Crippen LogP contribution in [0.2, 0.25) is 0 Å². The van der Waals surface area contributed by atoms with E-state index < -0.39 is 5.60 Å². The van der Waals surface area contributed by atoms with Crippen LogP contribution in [0.3, 0.4) is 0 Å². The maximum atomic E-state index is 12.4. The van der Waals surface area contributed by atoms with Gasteiger partial charge in [0, 0.05) is 45.1 Å². The van der Waals surface area contributed by atoms with Gasteiger partial charge in [-0.05, 0) is 32.0 Å². The summed E-state index contributed by atoms with van der Waals surface area (Å²) in [6, 6.07) is 5.32. The Bertz CT molecular complexity index is 685. The summed E-state index contributed by atoms with van der Waals surface area (Å²) in [5, 5.41) is 16.9. The summed E-state index contributed by atoms with van der Waals surface area (Å²) in [5.74, 6) is 0.697. The fourth-order valence-electron chi connectivity index (χ4n) is 2.86. The van der Waals surface area contributed by atoms with Gasteiger partial charge in [-0.1, -0.05) is 0 Å². The summed E-state index contributed by atoms with van der Waals surface area (Å²) >= 11 is 0. The molecule has 0 atom stereocenters. The molecule has 0 radical (unpaired) electrons. The average molecular weight is 344 g/mol. The molecule has 0 bridgehead atoms. The van der Waals surface area contributed by atoms with Crippen molar-refractivity contribution in [3.63, 3.8) is 0 Å². The molecule has 134 valence electrons. The third kappa shape index (κ3) is 4.77. The van der Waals surface area contributed by atoms with E-state index in [4.69, 9.17) is 0 Å². The van der Waals surface area contributed by atoms with Crippen molar-refractivity contribution in [2.45, 2.75) is 19.4 Å². The van der Waals surface area contributed by atoms with Crippen molar-refractivity contribution in [2.24, 2.45) is 0 Å². The normalized spacial score (nSPS) is 16.0. The van der Waals surface area contributed by atoms with Crippen LogP contribution in [0.4, 0.5) is 10.5 Å². The summed E-state index contributed by atoms with van der Waals surface area (Å²) < 4.78 is 1.66. The topological polar surface area (TPSA) is 86.5 Å². The van der Waals surface area contributed by atoms with Crippen LogP contribution in [-0.2, 0) is 0 Å². The van der Waals surface area contributed by atoms with Crippen LogP contribution in [-0.4, -0.2) is 74.0 Å². The van der Waals surface area contributed by atoms with Crippen molar-refractivity contribution in [1.82, 2.24) is 24.6 Å². The highest BCUT2D eigenvalue weighted by Crippen LogP contribution is 2.12. The maximum Gasteiger partial charge on any atom is 0.321 e. The molecule has 3 heterocycles. The average Bonchev–Trinajstić information content (AvgIpc) is 3.09. The molecule has 0 spiro atoms. The molecule has 2 N–H and O–H groups in total. The van der Waals surface area contributed by atoms with Crippen LogP contribution < -0.4 is 5.32 Å². The summed E-state index contributed by atoms with van der Waals surface area (Å²) in [4.78, 5) is 20.6. The second-order valence-electron chi connectivity index (χ2n) is 6.86. The van der Waals surface area contributed by atoms with Crippen LogP contribution in [0.25, 0.3) is 5.82 Å². The van der Waals surface area contributed by atoms with E-state index in [9.17, 15) is 9.90 Å². The Morgan fingerprint density at radius 3 is 2.60 bits per heavy atom. The zero-order valence-corrected chi connectivity index (χ0v) is 14.6. The van der Waals surface area contributed by atoms with Gasteiger partial charge in [0.05, 0.1) is 17.5 Å². The van der Waals surface area contributed by atoms with Gasteiger partial charge in [-0.15, -0.1) is 0 Å². The highest BCUT2D eigenvalue weighted by molar-refractivity contribution is 5.89. The largest absolute Gasteiger partial charge is 0.389 e. The van der Waals surface area contributed by atoms with Crippen molar-refractivity contribution >= 4 is 11.7 Å². The SMILES string of the molecule is CC(C)(O)CN1CCN(C(=O)Nc2ccc(-n3cccn3)nc2)CC1. The van der Waals surface area contributed by atoms with Crippen LogP contribution in [0, 0.1) is 0 Å². The molecule has 3 rings (SSSR count). The number of pyridine rings is 1. The van der Waals surface area contributed by atoms with Gasteiger partial charge in [0.2, 0.25) is 0 Å². The highest BCUT2D eigenvalue weighted by atomic mass is 16.3. The quantitative estimate of drug-likeness (QED) is 0.870. The predicted molar refractivity (Wildman–Crippen MR) is 94.7 cm³/mol. The second-order valence-corrected chi connectivity index (χ2v) is 6.86. The molecule has 0 unspecified atom stereocenters. The lowest BCUT2D eigenvalue weighted by atomic mass is 10.1. The van der Waals surface area contributed by atoms with Gasteiger partial charge in [0.15, 0.2) is 5.82 Å². The van der Waals surface area contributed by atoms with Gasteiger partial charge in [-0.25, -0.2) is 14.5 Å². The number of hydrogen-bond donors (Lipinski definition) is 2. The molecular formula is C17H24N6O2. The molecule has 8 heteroatoms. The Morgan fingerprint density at radius 2 is 2.04 bits per heavy atom. The third-order valence-electron chi connectivity index (χ3n) is 4.01. The molecule has 2 amide bonds. The number of carbonyl (C=O) groups excluding carboxylic acids is 1. The Morgan fingerprint density at radius 1 is 1.28 bits per heavy atom. The Labute approximate surface area is 147 Å². The first kappa shape index (κ1) is 17.4. The number of piperazine rings is 1. The van der Waals surface area contributed by atoms with Gasteiger partial charge >= 0.3 is 6.03 Å². The molecular weight excluding hydrogens is 320 g/mol. The first-order valence-electron chi connectivity index (χ1n) is 8.37. The number of β-amino-alcohol motifs (C(OH)–C–C–N with tert-alkyl or cyclic N) is 1. The number of aliphatic hydroxyl groups is 1. The fourth-order valence-corrected chi connectivity index (χ4v) is 2.86. The number of carbonyl (C=O) groups is 1. The first-order valence-corrected chi connectivity index (χ1v) is 8.37. The van der Waals surface area contributed by atoms with E-state index in [1.165, 1.54) is 0 Å². The van der Waals surface area contributed by atoms with Crippen molar-refractivity contribution < 1.29 is 9.90 Å². The smallest absolute Gasteiger partial charge is 0.321 e. The Balaban J connectivity index is 1.51. The Kier molecular flexibility index (Phi) is 5.00. The van der Waals surface area contributed by atoms with Crippen LogP contribution in [0.15, 0.2) is 36.8 Å². The van der Waals surface area contributed by atoms with Gasteiger partial charge in [0.25, 0.3) is 0 Å². The first-order chi connectivity index (χ1) is 11.9. The van der Waals surface area contributed by atoms with Crippen molar-refractivity contribution in [2.75, 3.05) is 38.0 Å². The van der Waals surface area contributed by atoms with E-state index in [1.807, 2.05) is 24.4 Å². The van der Waals surface area contributed by atoms with E-state index in [2.05, 4.69) is 20.3 Å². The summed E-state index contributed by atoms with van der Waals surface area (Å²) in [5.41, 5.74) is -0.0632. The molecule has 8 nitrogen and oxygen atoms in total. The van der Waals surface area contributed by atoms with E-state index in [0.717, 1.165) is 13.1 Å². The lowest BCUT2D eigenvalue weighted by Crippen LogP contribution is -2.52. The van der Waals surface area contributed by atoms with Crippen LogP contribution in [0.5, 0.6) is 0 Å². The lowest BCUT2D eigenvalue weighted by Gasteiger charge is -2.37. The van der Waals surface area contributed by atoms with Gasteiger partial charge in [0.1, 0.15) is 0 Å². The number of nitrogens with one attached hydrogen (secondary N) is 1. The van der Waals surface area contributed by atoms with Gasteiger partial charge in [-0.2, -0.15) is 5.10 Å². The van der Waals surface area contributed by atoms with Crippen molar-refractivity contribution in [1.29, 1.82) is 0 Å². The van der Waals surface area contributed by atoms with E-state index in [-0.39, 0.29) is 6.03 Å². The standard InChI is InChI=1S/C17H24N6O2/c1-17(2,25)13-21-8-10-22(11-9-21)16(24)20-14-4-5-15(18-12-14)23-7-3-6-19-23/h3-7,12,25H,8-11,13H2,1-2H3,(H,20,24). The summed E-state index contributed by atoms with van der Waals surface area (Å²) in [7, 11) is 0. The zero-order valence-electron chi connectivity index (χ0n) is 14.6. The minimum atomic E-state index is -0.716. The van der Waals surface area contributed by atoms with Gasteiger partial charge < -0.3 is 15.3 Å². The number of urea groups is 1. The molecule has 1 aliphatic rings. The Hall–Kier alpha value is -2.45. The number of nitrogens with zero attached hydrogens (tertiary/aromatic N) is 5. The molecule has 25 heavy (non-hydrogen) atoms. The summed E-state index contributed by atoms with van der Waals surface area (Å²) in [6.45, 7) is 7.00. The molecule has 0 saturated carbocycles. The number of anilines is 1. The number of amides is 2. The summed E-state index contributed by atoms with van der Waals surface area (Å²) in [6.07, 6.45) is 5.13. The van der Waals surface area contributed by atoms with Crippen molar-refractivity contribution in [3.8, 4) is 5.82 Å². The number of rotatable bonds is 4. The minimum Gasteiger partial charge on any atom is -0.389 e. The predicted octanol–water partition coefficient (Wildman–Crippen LogP) is 1.19. The molecule has 1 fully saturated rings. The van der Waals surface area contributed by atoms with Crippen LogP contribution >= 0.6 is 0 Å².